The standard InChI is InChI=1S/C23H30BrNO6/c1-4-29-19(26)17-13(3)18(20(27)30-5-2)25-16(17)11-31-21(28)22-7-14-6-15(8-22)10-23(24,9-14)12-22/h14-15,25H,4-12H2,1-3H3/t14-,15+,22?,23?. The van der Waals surface area contributed by atoms with Crippen molar-refractivity contribution in [1.29, 1.82) is 0 Å². The normalized spacial score (nSPS) is 30.8. The Morgan fingerprint density at radius 1 is 1.00 bits per heavy atom. The molecule has 0 radical (unpaired) electrons. The first-order valence-electron chi connectivity index (χ1n) is 11.1. The zero-order valence-electron chi connectivity index (χ0n) is 18.3. The molecule has 5 rings (SSSR count). The van der Waals surface area contributed by atoms with Crippen molar-refractivity contribution in [2.75, 3.05) is 13.2 Å². The number of rotatable bonds is 7. The molecular weight excluding hydrogens is 466 g/mol. The monoisotopic (exact) mass is 495 g/mol. The lowest BCUT2D eigenvalue weighted by atomic mass is 9.49. The number of halogens is 1. The van der Waals surface area contributed by atoms with Crippen LogP contribution in [0, 0.1) is 24.2 Å². The van der Waals surface area contributed by atoms with E-state index >= 15 is 0 Å². The molecule has 0 amide bonds. The van der Waals surface area contributed by atoms with E-state index in [-0.39, 0.29) is 41.4 Å². The fourth-order valence-electron chi connectivity index (χ4n) is 6.33. The van der Waals surface area contributed by atoms with Gasteiger partial charge in [0.05, 0.1) is 29.9 Å². The zero-order chi connectivity index (χ0) is 22.4. The van der Waals surface area contributed by atoms with Crippen LogP contribution < -0.4 is 0 Å². The fraction of sp³-hybridized carbons (Fsp3) is 0.696. The molecular formula is C23H30BrNO6. The smallest absolute Gasteiger partial charge is 0.355 e. The van der Waals surface area contributed by atoms with Crippen molar-refractivity contribution in [3.8, 4) is 0 Å². The minimum absolute atomic E-state index is 0.0479. The molecule has 4 aliphatic carbocycles. The molecule has 1 heterocycles. The van der Waals surface area contributed by atoms with Crippen molar-refractivity contribution in [3.05, 3.63) is 22.5 Å². The molecule has 2 unspecified atom stereocenters. The minimum Gasteiger partial charge on any atom is -0.462 e. The molecule has 4 aliphatic rings. The summed E-state index contributed by atoms with van der Waals surface area (Å²) in [6.07, 6.45) is 6.01. The summed E-state index contributed by atoms with van der Waals surface area (Å²) in [6, 6.07) is 0. The van der Waals surface area contributed by atoms with E-state index < -0.39 is 17.4 Å². The maximum absolute atomic E-state index is 13.3. The van der Waals surface area contributed by atoms with Crippen LogP contribution in [0.25, 0.3) is 0 Å². The van der Waals surface area contributed by atoms with Crippen molar-refractivity contribution in [2.45, 2.75) is 70.2 Å². The summed E-state index contributed by atoms with van der Waals surface area (Å²) in [6.45, 7) is 5.40. The number of ether oxygens (including phenoxy) is 3. The van der Waals surface area contributed by atoms with Crippen LogP contribution in [0.2, 0.25) is 0 Å². The molecule has 0 aliphatic heterocycles. The first kappa shape index (κ1) is 22.4. The largest absolute Gasteiger partial charge is 0.462 e. The first-order chi connectivity index (χ1) is 14.7. The van der Waals surface area contributed by atoms with Crippen LogP contribution in [0.5, 0.6) is 0 Å². The number of hydrogen-bond donors (Lipinski definition) is 1. The van der Waals surface area contributed by atoms with Crippen LogP contribution in [0.15, 0.2) is 0 Å². The molecule has 1 aromatic rings. The second-order valence-corrected chi connectivity index (χ2v) is 11.1. The van der Waals surface area contributed by atoms with Gasteiger partial charge in [0.1, 0.15) is 12.3 Å². The van der Waals surface area contributed by atoms with Crippen molar-refractivity contribution in [1.82, 2.24) is 4.98 Å². The van der Waals surface area contributed by atoms with E-state index in [9.17, 15) is 14.4 Å². The second kappa shape index (κ2) is 8.26. The topological polar surface area (TPSA) is 94.7 Å². The molecule has 4 bridgehead atoms. The summed E-state index contributed by atoms with van der Waals surface area (Å²) >= 11 is 3.92. The van der Waals surface area contributed by atoms with Gasteiger partial charge in [0.25, 0.3) is 0 Å². The lowest BCUT2D eigenvalue weighted by Crippen LogP contribution is -2.56. The molecule has 7 nitrogen and oxygen atoms in total. The van der Waals surface area contributed by atoms with E-state index in [0.717, 1.165) is 32.1 Å². The van der Waals surface area contributed by atoms with Crippen molar-refractivity contribution >= 4 is 33.8 Å². The maximum atomic E-state index is 13.3. The highest BCUT2D eigenvalue weighted by molar-refractivity contribution is 9.10. The van der Waals surface area contributed by atoms with E-state index in [2.05, 4.69) is 20.9 Å². The Bertz CT molecular complexity index is 892. The van der Waals surface area contributed by atoms with Gasteiger partial charge in [-0.25, -0.2) is 9.59 Å². The molecule has 4 saturated carbocycles. The summed E-state index contributed by atoms with van der Waals surface area (Å²) in [5.74, 6) is -0.180. The highest BCUT2D eigenvalue weighted by Gasteiger charge is 2.60. The zero-order valence-corrected chi connectivity index (χ0v) is 19.9. The molecule has 8 heteroatoms. The van der Waals surface area contributed by atoms with Gasteiger partial charge in [0, 0.05) is 4.32 Å². The van der Waals surface area contributed by atoms with Crippen LogP contribution in [-0.2, 0) is 25.6 Å². The quantitative estimate of drug-likeness (QED) is 0.341. The summed E-state index contributed by atoms with van der Waals surface area (Å²) in [5, 5.41) is 0. The molecule has 0 saturated heterocycles. The molecule has 170 valence electrons. The molecule has 31 heavy (non-hydrogen) atoms. The van der Waals surface area contributed by atoms with Crippen LogP contribution in [0.1, 0.15) is 84.5 Å². The Balaban J connectivity index is 1.55. The van der Waals surface area contributed by atoms with Gasteiger partial charge in [-0.15, -0.1) is 0 Å². The molecule has 4 fully saturated rings. The summed E-state index contributed by atoms with van der Waals surface area (Å²) in [7, 11) is 0. The van der Waals surface area contributed by atoms with Gasteiger partial charge in [-0.05, 0) is 76.7 Å². The third-order valence-electron chi connectivity index (χ3n) is 7.06. The Labute approximate surface area is 190 Å². The van der Waals surface area contributed by atoms with Crippen LogP contribution in [0.3, 0.4) is 0 Å². The van der Waals surface area contributed by atoms with Gasteiger partial charge in [0.2, 0.25) is 0 Å². The molecule has 1 N–H and O–H groups in total. The van der Waals surface area contributed by atoms with Crippen molar-refractivity contribution in [3.63, 3.8) is 0 Å². The third-order valence-corrected chi connectivity index (χ3v) is 7.98. The van der Waals surface area contributed by atoms with E-state index in [1.165, 1.54) is 6.42 Å². The average Bonchev–Trinajstić information content (AvgIpc) is 3.01. The van der Waals surface area contributed by atoms with Gasteiger partial charge in [-0.1, -0.05) is 15.9 Å². The molecule has 1 aromatic heterocycles. The van der Waals surface area contributed by atoms with Gasteiger partial charge >= 0.3 is 17.9 Å². The number of nitrogens with one attached hydrogen (secondary N) is 1. The predicted molar refractivity (Wildman–Crippen MR) is 116 cm³/mol. The number of alkyl halides is 1. The van der Waals surface area contributed by atoms with Gasteiger partial charge in [-0.2, -0.15) is 0 Å². The Hall–Kier alpha value is -1.83. The SMILES string of the molecule is CCOC(=O)c1[nH]c(COC(=O)C23C[C@@H]4C[C@@H](CC(Br)(C4)C2)C3)c(C(=O)OCC)c1C. The highest BCUT2D eigenvalue weighted by atomic mass is 79.9. The predicted octanol–water partition coefficient (Wildman–Crippen LogP) is 4.45. The molecule has 0 spiro atoms. The van der Waals surface area contributed by atoms with Crippen molar-refractivity contribution < 1.29 is 28.6 Å². The number of aromatic nitrogens is 1. The number of hydrogen-bond acceptors (Lipinski definition) is 6. The Morgan fingerprint density at radius 3 is 2.19 bits per heavy atom. The average molecular weight is 496 g/mol. The van der Waals surface area contributed by atoms with Gasteiger partial charge < -0.3 is 19.2 Å². The van der Waals surface area contributed by atoms with Crippen LogP contribution in [0.4, 0.5) is 0 Å². The Kier molecular flexibility index (Phi) is 5.96. The molecule has 4 atom stereocenters. The van der Waals surface area contributed by atoms with E-state index in [4.69, 9.17) is 14.2 Å². The Morgan fingerprint density at radius 2 is 1.61 bits per heavy atom. The summed E-state index contributed by atoms with van der Waals surface area (Å²) in [5.41, 5.74) is 0.775. The van der Waals surface area contributed by atoms with Gasteiger partial charge in [-0.3, -0.25) is 4.79 Å². The van der Waals surface area contributed by atoms with E-state index in [1.54, 1.807) is 20.8 Å². The molecule has 0 aromatic carbocycles. The van der Waals surface area contributed by atoms with Crippen LogP contribution in [-0.4, -0.2) is 40.4 Å². The van der Waals surface area contributed by atoms with Crippen LogP contribution >= 0.6 is 15.9 Å². The first-order valence-corrected chi connectivity index (χ1v) is 11.9. The summed E-state index contributed by atoms with van der Waals surface area (Å²) < 4.78 is 16.1. The van der Waals surface area contributed by atoms with E-state index in [1.807, 2.05) is 0 Å². The lowest BCUT2D eigenvalue weighted by molar-refractivity contribution is -0.171. The van der Waals surface area contributed by atoms with Crippen molar-refractivity contribution in [2.24, 2.45) is 17.3 Å². The van der Waals surface area contributed by atoms with E-state index in [0.29, 0.717) is 23.1 Å². The summed E-state index contributed by atoms with van der Waals surface area (Å²) in [4.78, 5) is 41.1. The number of carbonyl (C=O) groups is 3. The fourth-order valence-corrected chi connectivity index (χ4v) is 7.79. The number of esters is 3. The third kappa shape index (κ3) is 4.03. The minimum atomic E-state index is -0.551. The van der Waals surface area contributed by atoms with Gasteiger partial charge in [0.15, 0.2) is 0 Å². The number of H-pyrrole nitrogens is 1. The number of carbonyl (C=O) groups excluding carboxylic acids is 3. The highest BCUT2D eigenvalue weighted by Crippen LogP contribution is 2.64. The number of aromatic amines is 1. The lowest BCUT2D eigenvalue weighted by Gasteiger charge is -2.58. The second-order valence-electron chi connectivity index (χ2n) is 9.39. The maximum Gasteiger partial charge on any atom is 0.355 e.